The lowest BCUT2D eigenvalue weighted by atomic mass is 10.2. The zero-order valence-electron chi connectivity index (χ0n) is 15.3. The predicted octanol–water partition coefficient (Wildman–Crippen LogP) is 2.89. The van der Waals surface area contributed by atoms with Gasteiger partial charge in [0.05, 0.1) is 17.1 Å². The molecule has 0 bridgehead atoms. The Morgan fingerprint density at radius 3 is 2.44 bits per heavy atom. The van der Waals surface area contributed by atoms with E-state index in [1.54, 1.807) is 24.4 Å². The molecule has 1 saturated heterocycles. The van der Waals surface area contributed by atoms with E-state index in [1.165, 1.54) is 29.3 Å². The molecular formula is C19H24N4O3S. The zero-order valence-corrected chi connectivity index (χ0v) is 16.2. The van der Waals surface area contributed by atoms with Gasteiger partial charge in [0.25, 0.3) is 5.91 Å². The van der Waals surface area contributed by atoms with E-state index >= 15 is 0 Å². The smallest absolute Gasteiger partial charge is 0.256 e. The Hall–Kier alpha value is -2.19. The Morgan fingerprint density at radius 1 is 1.15 bits per heavy atom. The average molecular weight is 388 g/mol. The van der Waals surface area contributed by atoms with Crippen molar-refractivity contribution in [1.82, 2.24) is 14.1 Å². The molecule has 0 unspecified atom stereocenters. The van der Waals surface area contributed by atoms with Crippen LogP contribution in [-0.2, 0) is 10.0 Å². The predicted molar refractivity (Wildman–Crippen MR) is 102 cm³/mol. The van der Waals surface area contributed by atoms with E-state index in [-0.39, 0.29) is 16.8 Å². The van der Waals surface area contributed by atoms with Gasteiger partial charge >= 0.3 is 0 Å². The van der Waals surface area contributed by atoms with Gasteiger partial charge in [-0.1, -0.05) is 0 Å². The van der Waals surface area contributed by atoms with Crippen molar-refractivity contribution in [3.8, 4) is 0 Å². The molecule has 1 aromatic heterocycles. The van der Waals surface area contributed by atoms with Gasteiger partial charge in [-0.25, -0.2) is 13.1 Å². The number of nitrogens with zero attached hydrogens (tertiary/aromatic N) is 3. The maximum atomic E-state index is 12.6. The Bertz CT molecular complexity index is 926. The van der Waals surface area contributed by atoms with Crippen LogP contribution < -0.4 is 5.32 Å². The lowest BCUT2D eigenvalue weighted by Gasteiger charge is -2.16. The van der Waals surface area contributed by atoms with Gasteiger partial charge in [0.1, 0.15) is 5.82 Å². The molecule has 144 valence electrons. The van der Waals surface area contributed by atoms with Gasteiger partial charge in [0.15, 0.2) is 0 Å². The minimum absolute atomic E-state index is 0.230. The van der Waals surface area contributed by atoms with Crippen LogP contribution in [-0.4, -0.2) is 41.5 Å². The zero-order chi connectivity index (χ0) is 19.0. The highest BCUT2D eigenvalue weighted by Crippen LogP contribution is 2.40. The summed E-state index contributed by atoms with van der Waals surface area (Å²) < 4.78 is 28.5. The number of rotatable bonds is 6. The molecule has 2 fully saturated rings. The Balaban J connectivity index is 1.48. The number of sulfonamides is 1. The number of nitrogens with one attached hydrogen (secondary N) is 1. The first-order chi connectivity index (χ1) is 13.0. The molecule has 1 aliphatic heterocycles. The second-order valence-corrected chi connectivity index (χ2v) is 9.27. The van der Waals surface area contributed by atoms with Crippen LogP contribution in [0.2, 0.25) is 0 Å². The maximum absolute atomic E-state index is 12.6. The second-order valence-electron chi connectivity index (χ2n) is 7.33. The summed E-state index contributed by atoms with van der Waals surface area (Å²) in [5, 5.41) is 7.22. The van der Waals surface area contributed by atoms with Crippen molar-refractivity contribution >= 4 is 21.7 Å². The van der Waals surface area contributed by atoms with E-state index in [9.17, 15) is 13.2 Å². The molecule has 0 spiro atoms. The summed E-state index contributed by atoms with van der Waals surface area (Å²) in [6.07, 6.45) is 5.86. The van der Waals surface area contributed by atoms with Crippen LogP contribution in [0, 0.1) is 5.92 Å². The van der Waals surface area contributed by atoms with Crippen LogP contribution in [0.4, 0.5) is 5.82 Å². The number of hydrogen-bond acceptors (Lipinski definition) is 4. The molecule has 1 atom stereocenters. The summed E-state index contributed by atoms with van der Waals surface area (Å²) in [7, 11) is -3.46. The molecule has 1 saturated carbocycles. The summed E-state index contributed by atoms with van der Waals surface area (Å²) in [4.78, 5) is 12.8. The number of anilines is 1. The van der Waals surface area contributed by atoms with E-state index in [2.05, 4.69) is 17.3 Å². The summed E-state index contributed by atoms with van der Waals surface area (Å²) in [5.41, 5.74) is 0.419. The third-order valence-corrected chi connectivity index (χ3v) is 7.33. The van der Waals surface area contributed by atoms with Gasteiger partial charge in [-0.15, -0.1) is 0 Å². The van der Waals surface area contributed by atoms with Gasteiger partial charge < -0.3 is 5.32 Å². The molecule has 1 N–H and O–H groups in total. The van der Waals surface area contributed by atoms with Crippen LogP contribution in [0.15, 0.2) is 41.4 Å². The highest BCUT2D eigenvalue weighted by atomic mass is 32.2. The highest BCUT2D eigenvalue weighted by Gasteiger charge is 2.31. The molecule has 1 aromatic carbocycles. The Morgan fingerprint density at radius 2 is 1.81 bits per heavy atom. The van der Waals surface area contributed by atoms with E-state index < -0.39 is 10.0 Å². The molecule has 8 heteroatoms. The van der Waals surface area contributed by atoms with Crippen LogP contribution in [0.25, 0.3) is 0 Å². The van der Waals surface area contributed by atoms with Gasteiger partial charge in [-0.3, -0.25) is 4.79 Å². The molecule has 2 aliphatic rings. The molecule has 2 heterocycles. The minimum Gasteiger partial charge on any atom is -0.307 e. The average Bonchev–Trinajstić information content (AvgIpc) is 3.16. The highest BCUT2D eigenvalue weighted by molar-refractivity contribution is 7.89. The monoisotopic (exact) mass is 388 g/mol. The van der Waals surface area contributed by atoms with E-state index in [4.69, 9.17) is 0 Å². The van der Waals surface area contributed by atoms with Gasteiger partial charge in [0.2, 0.25) is 10.0 Å². The third kappa shape index (κ3) is 3.64. The summed E-state index contributed by atoms with van der Waals surface area (Å²) in [6, 6.07) is 8.16. The van der Waals surface area contributed by atoms with Gasteiger partial charge in [-0.2, -0.15) is 9.40 Å². The molecule has 1 amide bonds. The number of aromatic nitrogens is 2. The number of hydrogen-bond donors (Lipinski definition) is 1. The Kier molecular flexibility index (Phi) is 4.77. The fourth-order valence-electron chi connectivity index (χ4n) is 3.56. The number of amides is 1. The number of carbonyl (C=O) groups excluding carboxylic acids is 1. The molecule has 27 heavy (non-hydrogen) atoms. The van der Waals surface area contributed by atoms with Crippen molar-refractivity contribution < 1.29 is 13.2 Å². The quantitative estimate of drug-likeness (QED) is 0.825. The van der Waals surface area contributed by atoms with Crippen molar-refractivity contribution in [3.05, 3.63) is 42.1 Å². The van der Waals surface area contributed by atoms with Crippen molar-refractivity contribution in [2.45, 2.75) is 43.5 Å². The molecular weight excluding hydrogens is 364 g/mol. The molecule has 2 aromatic rings. The second kappa shape index (κ2) is 7.09. The molecule has 4 rings (SSSR count). The lowest BCUT2D eigenvalue weighted by molar-refractivity contribution is 0.102. The SMILES string of the molecule is C[C@H](C1CC1)n1nccc1NC(=O)c1ccc(S(=O)(=O)N2CCCC2)cc1. The van der Waals surface area contributed by atoms with Crippen molar-refractivity contribution in [2.75, 3.05) is 18.4 Å². The van der Waals surface area contributed by atoms with Crippen LogP contribution >= 0.6 is 0 Å². The standard InChI is InChI=1S/C19H24N4O3S/c1-14(15-4-5-15)23-18(10-11-20-23)21-19(24)16-6-8-17(9-7-16)27(25,26)22-12-2-3-13-22/h6-11,14-15H,2-5,12-13H2,1H3,(H,21,24)/t14-/m1/s1. The molecule has 1 aliphatic carbocycles. The van der Waals surface area contributed by atoms with Crippen molar-refractivity contribution in [3.63, 3.8) is 0 Å². The summed E-state index contributed by atoms with van der Waals surface area (Å²) in [6.45, 7) is 3.24. The van der Waals surface area contributed by atoms with Crippen molar-refractivity contribution in [1.29, 1.82) is 0 Å². The van der Waals surface area contributed by atoms with E-state index in [0.717, 1.165) is 12.8 Å². The van der Waals surface area contributed by atoms with Gasteiger partial charge in [0, 0.05) is 24.7 Å². The largest absolute Gasteiger partial charge is 0.307 e. The summed E-state index contributed by atoms with van der Waals surface area (Å²) in [5.74, 6) is 1.01. The van der Waals surface area contributed by atoms with Crippen molar-refractivity contribution in [2.24, 2.45) is 5.92 Å². The first kappa shape index (κ1) is 18.2. The van der Waals surface area contributed by atoms with E-state index in [1.807, 2.05) is 4.68 Å². The summed E-state index contributed by atoms with van der Waals surface area (Å²) >= 11 is 0. The van der Waals surface area contributed by atoms with Gasteiger partial charge in [-0.05, 0) is 62.8 Å². The molecule has 0 radical (unpaired) electrons. The lowest BCUT2D eigenvalue weighted by Crippen LogP contribution is -2.27. The first-order valence-electron chi connectivity index (χ1n) is 9.42. The van der Waals surface area contributed by atoms with Crippen LogP contribution in [0.5, 0.6) is 0 Å². The normalized spacial score (nSPS) is 19.1. The molecule has 7 nitrogen and oxygen atoms in total. The Labute approximate surface area is 159 Å². The van der Waals surface area contributed by atoms with Crippen LogP contribution in [0.3, 0.4) is 0 Å². The fraction of sp³-hybridized carbons (Fsp3) is 0.474. The minimum atomic E-state index is -3.46. The van der Waals surface area contributed by atoms with E-state index in [0.29, 0.717) is 30.4 Å². The topological polar surface area (TPSA) is 84.3 Å². The third-order valence-electron chi connectivity index (χ3n) is 5.42. The number of carbonyl (C=O) groups is 1. The van der Waals surface area contributed by atoms with Crippen LogP contribution in [0.1, 0.15) is 49.0 Å². The number of benzene rings is 1. The first-order valence-corrected chi connectivity index (χ1v) is 10.9. The maximum Gasteiger partial charge on any atom is 0.256 e. The fourth-order valence-corrected chi connectivity index (χ4v) is 5.08.